The number of anilines is 1. The van der Waals surface area contributed by atoms with Crippen LogP contribution in [0.5, 0.6) is 0 Å². The number of hydrogen-bond donors (Lipinski definition) is 1. The van der Waals surface area contributed by atoms with Crippen molar-refractivity contribution in [2.45, 2.75) is 18.9 Å². The summed E-state index contributed by atoms with van der Waals surface area (Å²) in [6.07, 6.45) is 4.39. The molecule has 1 aliphatic rings. The molecule has 0 spiro atoms. The van der Waals surface area contributed by atoms with Crippen LogP contribution in [0.3, 0.4) is 0 Å². The number of nitriles is 1. The standard InChI is InChI=1S/C17H16FN5O/c18-14-4-2-1-3-13(14)17(24)23-9-5-12(6-10-23)22-16-15(11-19)20-7-8-21-16/h1-4,7-8,12H,5-6,9-10H2,(H,21,22). The Morgan fingerprint density at radius 3 is 2.67 bits per heavy atom. The molecule has 0 atom stereocenters. The maximum Gasteiger partial charge on any atom is 0.256 e. The van der Waals surface area contributed by atoms with Crippen molar-refractivity contribution in [2.24, 2.45) is 0 Å². The Morgan fingerprint density at radius 1 is 1.25 bits per heavy atom. The van der Waals surface area contributed by atoms with Gasteiger partial charge in [0, 0.05) is 31.5 Å². The van der Waals surface area contributed by atoms with Crippen LogP contribution in [-0.4, -0.2) is 39.9 Å². The van der Waals surface area contributed by atoms with Gasteiger partial charge < -0.3 is 10.2 Å². The van der Waals surface area contributed by atoms with E-state index in [2.05, 4.69) is 15.3 Å². The molecule has 7 heteroatoms. The smallest absolute Gasteiger partial charge is 0.256 e. The van der Waals surface area contributed by atoms with Crippen molar-refractivity contribution in [3.05, 3.63) is 53.7 Å². The fourth-order valence-corrected chi connectivity index (χ4v) is 2.75. The fourth-order valence-electron chi connectivity index (χ4n) is 2.75. The van der Waals surface area contributed by atoms with Gasteiger partial charge in [0.25, 0.3) is 5.91 Å². The van der Waals surface area contributed by atoms with Gasteiger partial charge in [-0.1, -0.05) is 12.1 Å². The average molecular weight is 325 g/mol. The first kappa shape index (κ1) is 15.9. The summed E-state index contributed by atoms with van der Waals surface area (Å²) < 4.78 is 13.7. The number of nitrogens with one attached hydrogen (secondary N) is 1. The topological polar surface area (TPSA) is 81.9 Å². The summed E-state index contributed by atoms with van der Waals surface area (Å²) in [5.74, 6) is -0.330. The molecule has 0 unspecified atom stereocenters. The minimum atomic E-state index is -0.499. The first-order chi connectivity index (χ1) is 11.7. The highest BCUT2D eigenvalue weighted by Gasteiger charge is 2.25. The zero-order valence-electron chi connectivity index (χ0n) is 12.9. The maximum atomic E-state index is 13.7. The minimum Gasteiger partial charge on any atom is -0.365 e. The van der Waals surface area contributed by atoms with Crippen LogP contribution in [0, 0.1) is 17.1 Å². The van der Waals surface area contributed by atoms with E-state index >= 15 is 0 Å². The molecule has 24 heavy (non-hydrogen) atoms. The summed E-state index contributed by atoms with van der Waals surface area (Å²) in [6, 6.07) is 8.11. The third kappa shape index (κ3) is 3.33. The Balaban J connectivity index is 1.61. The van der Waals surface area contributed by atoms with E-state index in [9.17, 15) is 9.18 Å². The van der Waals surface area contributed by atoms with Gasteiger partial charge in [0.05, 0.1) is 5.56 Å². The lowest BCUT2D eigenvalue weighted by molar-refractivity contribution is 0.0713. The number of nitrogens with zero attached hydrogens (tertiary/aromatic N) is 4. The number of aromatic nitrogens is 2. The van der Waals surface area contributed by atoms with Crippen LogP contribution in [0.2, 0.25) is 0 Å². The predicted molar refractivity (Wildman–Crippen MR) is 85.7 cm³/mol. The Morgan fingerprint density at radius 2 is 1.96 bits per heavy atom. The third-order valence-electron chi connectivity index (χ3n) is 4.03. The fraction of sp³-hybridized carbons (Fsp3) is 0.294. The third-order valence-corrected chi connectivity index (χ3v) is 4.03. The van der Waals surface area contributed by atoms with Crippen molar-refractivity contribution in [1.29, 1.82) is 5.26 Å². The molecule has 2 heterocycles. The zero-order chi connectivity index (χ0) is 16.9. The first-order valence-electron chi connectivity index (χ1n) is 7.70. The van der Waals surface area contributed by atoms with E-state index in [1.165, 1.54) is 24.5 Å². The lowest BCUT2D eigenvalue weighted by Crippen LogP contribution is -2.42. The molecule has 6 nitrogen and oxygen atoms in total. The summed E-state index contributed by atoms with van der Waals surface area (Å²) in [5.41, 5.74) is 0.354. The van der Waals surface area contributed by atoms with Gasteiger partial charge in [0.1, 0.15) is 11.9 Å². The Labute approximate surface area is 139 Å². The van der Waals surface area contributed by atoms with Gasteiger partial charge in [0.2, 0.25) is 0 Å². The van der Waals surface area contributed by atoms with E-state index in [4.69, 9.17) is 5.26 Å². The van der Waals surface area contributed by atoms with E-state index in [0.717, 1.165) is 0 Å². The van der Waals surface area contributed by atoms with Crippen molar-refractivity contribution < 1.29 is 9.18 Å². The highest BCUT2D eigenvalue weighted by Crippen LogP contribution is 2.19. The normalized spacial score (nSPS) is 14.9. The summed E-state index contributed by atoms with van der Waals surface area (Å²) in [6.45, 7) is 1.04. The molecule has 1 aromatic heterocycles. The molecule has 3 rings (SSSR count). The van der Waals surface area contributed by atoms with E-state index in [1.807, 2.05) is 6.07 Å². The lowest BCUT2D eigenvalue weighted by atomic mass is 10.0. The van der Waals surface area contributed by atoms with Crippen molar-refractivity contribution in [2.75, 3.05) is 18.4 Å². The average Bonchev–Trinajstić information content (AvgIpc) is 2.63. The second-order valence-electron chi connectivity index (χ2n) is 5.56. The Kier molecular flexibility index (Phi) is 4.66. The quantitative estimate of drug-likeness (QED) is 0.935. The number of halogens is 1. The molecule has 1 amide bonds. The molecule has 0 bridgehead atoms. The number of likely N-dealkylation sites (tertiary alicyclic amines) is 1. The van der Waals surface area contributed by atoms with Gasteiger partial charge in [-0.2, -0.15) is 5.26 Å². The Bertz CT molecular complexity index is 781. The van der Waals surface area contributed by atoms with Gasteiger partial charge in [-0.05, 0) is 25.0 Å². The highest BCUT2D eigenvalue weighted by atomic mass is 19.1. The van der Waals surface area contributed by atoms with Crippen LogP contribution in [-0.2, 0) is 0 Å². The van der Waals surface area contributed by atoms with Gasteiger partial charge in [0.15, 0.2) is 11.5 Å². The summed E-state index contributed by atoms with van der Waals surface area (Å²) in [4.78, 5) is 22.1. The monoisotopic (exact) mass is 325 g/mol. The molecule has 1 aromatic carbocycles. The zero-order valence-corrected chi connectivity index (χ0v) is 12.9. The van der Waals surface area contributed by atoms with E-state index < -0.39 is 5.82 Å². The number of rotatable bonds is 3. The number of benzene rings is 1. The first-order valence-corrected chi connectivity index (χ1v) is 7.70. The molecule has 2 aromatic rings. The molecule has 0 aliphatic carbocycles. The minimum absolute atomic E-state index is 0.0958. The van der Waals surface area contributed by atoms with Gasteiger partial charge >= 0.3 is 0 Å². The van der Waals surface area contributed by atoms with Gasteiger partial charge in [-0.3, -0.25) is 4.79 Å². The van der Waals surface area contributed by atoms with E-state index in [0.29, 0.717) is 31.7 Å². The maximum absolute atomic E-state index is 13.7. The second-order valence-corrected chi connectivity index (χ2v) is 5.56. The second kappa shape index (κ2) is 7.04. The van der Waals surface area contributed by atoms with Crippen LogP contribution in [0.15, 0.2) is 36.7 Å². The molecule has 1 N–H and O–H groups in total. The molecule has 0 radical (unpaired) electrons. The molecule has 1 aliphatic heterocycles. The predicted octanol–water partition coefficient (Wildman–Crippen LogP) is 2.20. The van der Waals surface area contributed by atoms with E-state index in [1.54, 1.807) is 17.0 Å². The van der Waals surface area contributed by atoms with Crippen LogP contribution < -0.4 is 5.32 Å². The van der Waals surface area contributed by atoms with Crippen molar-refractivity contribution in [3.63, 3.8) is 0 Å². The molecular weight excluding hydrogens is 309 g/mol. The van der Waals surface area contributed by atoms with Crippen LogP contribution >= 0.6 is 0 Å². The van der Waals surface area contributed by atoms with Gasteiger partial charge in [-0.15, -0.1) is 0 Å². The van der Waals surface area contributed by atoms with E-state index in [-0.39, 0.29) is 23.2 Å². The number of piperidine rings is 1. The number of hydrogen-bond acceptors (Lipinski definition) is 5. The molecule has 1 saturated heterocycles. The Hall–Kier alpha value is -3.01. The number of amides is 1. The molecule has 122 valence electrons. The molecular formula is C17H16FN5O. The lowest BCUT2D eigenvalue weighted by Gasteiger charge is -2.32. The van der Waals surface area contributed by atoms with Crippen molar-refractivity contribution in [3.8, 4) is 6.07 Å². The molecule has 0 saturated carbocycles. The molecule has 1 fully saturated rings. The van der Waals surface area contributed by atoms with Crippen LogP contribution in [0.25, 0.3) is 0 Å². The highest BCUT2D eigenvalue weighted by molar-refractivity contribution is 5.94. The SMILES string of the molecule is N#Cc1nccnc1NC1CCN(C(=O)c2ccccc2F)CC1. The summed E-state index contributed by atoms with van der Waals surface area (Å²) in [7, 11) is 0. The van der Waals surface area contributed by atoms with Crippen molar-refractivity contribution in [1.82, 2.24) is 14.9 Å². The van der Waals surface area contributed by atoms with Crippen molar-refractivity contribution >= 4 is 11.7 Å². The number of carbonyl (C=O) groups excluding carboxylic acids is 1. The summed E-state index contributed by atoms with van der Waals surface area (Å²) >= 11 is 0. The summed E-state index contributed by atoms with van der Waals surface area (Å²) in [5, 5.41) is 12.2. The van der Waals surface area contributed by atoms with Crippen LogP contribution in [0.1, 0.15) is 28.9 Å². The number of carbonyl (C=O) groups is 1. The van der Waals surface area contributed by atoms with Gasteiger partial charge in [-0.25, -0.2) is 14.4 Å². The van der Waals surface area contributed by atoms with Crippen LogP contribution in [0.4, 0.5) is 10.2 Å². The largest absolute Gasteiger partial charge is 0.365 e.